The predicted octanol–water partition coefficient (Wildman–Crippen LogP) is 1.95. The largest absolute Gasteiger partial charge is 0.478 e. The minimum absolute atomic E-state index is 0.0727. The van der Waals surface area contributed by atoms with Gasteiger partial charge in [-0.15, -0.1) is 0 Å². The van der Waals surface area contributed by atoms with E-state index in [1.165, 1.54) is 12.1 Å². The minimum atomic E-state index is -1.15. The van der Waals surface area contributed by atoms with Gasteiger partial charge in [-0.25, -0.2) is 9.18 Å². The summed E-state index contributed by atoms with van der Waals surface area (Å²) in [4.78, 5) is 10.6. The van der Waals surface area contributed by atoms with Gasteiger partial charge in [0.25, 0.3) is 0 Å². The summed E-state index contributed by atoms with van der Waals surface area (Å²) in [6, 6.07) is 3.75. The molecule has 5 heteroatoms. The molecule has 0 aromatic heterocycles. The van der Waals surface area contributed by atoms with E-state index in [0.717, 1.165) is 6.07 Å². The number of aromatic carboxylic acids is 1. The highest BCUT2D eigenvalue weighted by atomic mass is 19.1. The summed E-state index contributed by atoms with van der Waals surface area (Å²) >= 11 is 0. The Hall–Kier alpha value is -1.62. The Morgan fingerprint density at radius 2 is 2.24 bits per heavy atom. The highest BCUT2D eigenvalue weighted by Crippen LogP contribution is 2.16. The molecule has 1 aromatic rings. The average Bonchev–Trinajstić information content (AvgIpc) is 2.27. The van der Waals surface area contributed by atoms with Gasteiger partial charge < -0.3 is 15.5 Å². The zero-order valence-corrected chi connectivity index (χ0v) is 9.61. The topological polar surface area (TPSA) is 69.6 Å². The first-order valence-electron chi connectivity index (χ1n) is 5.42. The number of benzene rings is 1. The van der Waals surface area contributed by atoms with Crippen molar-refractivity contribution in [1.82, 2.24) is 0 Å². The number of hydrogen-bond acceptors (Lipinski definition) is 3. The molecule has 1 rings (SSSR count). The average molecular weight is 241 g/mol. The zero-order chi connectivity index (χ0) is 12.8. The van der Waals surface area contributed by atoms with Crippen molar-refractivity contribution in [2.45, 2.75) is 13.3 Å². The highest BCUT2D eigenvalue weighted by Gasteiger charge is 2.09. The van der Waals surface area contributed by atoms with Gasteiger partial charge in [0.15, 0.2) is 0 Å². The maximum absolute atomic E-state index is 13.5. The van der Waals surface area contributed by atoms with Crippen LogP contribution in [0.4, 0.5) is 10.1 Å². The predicted molar refractivity (Wildman–Crippen MR) is 62.7 cm³/mol. The first-order chi connectivity index (χ1) is 8.04. The number of carboxylic acid groups (broad SMARTS) is 1. The van der Waals surface area contributed by atoms with Crippen LogP contribution in [0.15, 0.2) is 18.2 Å². The first kappa shape index (κ1) is 13.4. The lowest BCUT2D eigenvalue weighted by atomic mass is 10.1. The van der Waals surface area contributed by atoms with Crippen molar-refractivity contribution in [1.29, 1.82) is 0 Å². The van der Waals surface area contributed by atoms with E-state index in [4.69, 9.17) is 10.2 Å². The van der Waals surface area contributed by atoms with E-state index in [1.807, 2.05) is 6.92 Å². The fourth-order valence-electron chi connectivity index (χ4n) is 1.40. The second-order valence-electron chi connectivity index (χ2n) is 4.00. The number of halogens is 1. The van der Waals surface area contributed by atoms with Crippen molar-refractivity contribution in [3.8, 4) is 0 Å². The molecule has 0 fully saturated rings. The fraction of sp³-hybridized carbons (Fsp3) is 0.417. The standard InChI is InChI=1S/C12H16FNO3/c1-8(4-5-15)7-14-11-3-2-9(12(16)17)6-10(11)13/h2-3,6,8,14-15H,4-5,7H2,1H3,(H,16,17). The molecule has 17 heavy (non-hydrogen) atoms. The molecule has 0 radical (unpaired) electrons. The lowest BCUT2D eigenvalue weighted by molar-refractivity contribution is 0.0696. The molecule has 0 bridgehead atoms. The van der Waals surface area contributed by atoms with E-state index >= 15 is 0 Å². The van der Waals surface area contributed by atoms with Crippen molar-refractivity contribution in [3.63, 3.8) is 0 Å². The molecule has 0 spiro atoms. The smallest absolute Gasteiger partial charge is 0.335 e. The van der Waals surface area contributed by atoms with Gasteiger partial charge in [0.1, 0.15) is 5.82 Å². The van der Waals surface area contributed by atoms with Crippen LogP contribution in [0.2, 0.25) is 0 Å². The third kappa shape index (κ3) is 4.03. The zero-order valence-electron chi connectivity index (χ0n) is 9.61. The van der Waals surface area contributed by atoms with Crippen molar-refractivity contribution in [2.24, 2.45) is 5.92 Å². The molecule has 0 saturated carbocycles. The van der Waals surface area contributed by atoms with Gasteiger partial charge in [-0.2, -0.15) is 0 Å². The normalized spacial score (nSPS) is 12.2. The molecule has 1 atom stereocenters. The van der Waals surface area contributed by atoms with Gasteiger partial charge in [0, 0.05) is 13.2 Å². The quantitative estimate of drug-likeness (QED) is 0.712. The summed E-state index contributed by atoms with van der Waals surface area (Å²) in [5, 5.41) is 20.3. The van der Waals surface area contributed by atoms with Gasteiger partial charge in [-0.1, -0.05) is 6.92 Å². The Balaban J connectivity index is 2.63. The molecule has 0 aliphatic carbocycles. The second kappa shape index (κ2) is 6.20. The van der Waals surface area contributed by atoms with Gasteiger partial charge in [-0.05, 0) is 30.5 Å². The van der Waals surface area contributed by atoms with E-state index in [9.17, 15) is 9.18 Å². The monoisotopic (exact) mass is 241 g/mol. The number of hydrogen-bond donors (Lipinski definition) is 3. The van der Waals surface area contributed by atoms with Crippen LogP contribution in [0.5, 0.6) is 0 Å². The van der Waals surface area contributed by atoms with E-state index in [1.54, 1.807) is 0 Å². The maximum atomic E-state index is 13.5. The molecular formula is C12H16FNO3. The summed E-state index contributed by atoms with van der Waals surface area (Å²) in [5.74, 6) is -1.51. The number of rotatable bonds is 6. The highest BCUT2D eigenvalue weighted by molar-refractivity contribution is 5.88. The maximum Gasteiger partial charge on any atom is 0.335 e. The van der Waals surface area contributed by atoms with E-state index in [2.05, 4.69) is 5.32 Å². The van der Waals surface area contributed by atoms with Crippen LogP contribution in [-0.4, -0.2) is 29.3 Å². The number of carboxylic acids is 1. The number of aliphatic hydroxyl groups is 1. The SMILES string of the molecule is CC(CCO)CNc1ccc(C(=O)O)cc1F. The molecule has 3 N–H and O–H groups in total. The summed E-state index contributed by atoms with van der Waals surface area (Å²) in [6.07, 6.45) is 0.641. The molecule has 0 amide bonds. The summed E-state index contributed by atoms with van der Waals surface area (Å²) in [6.45, 7) is 2.57. The number of carbonyl (C=O) groups is 1. The van der Waals surface area contributed by atoms with Gasteiger partial charge in [0.2, 0.25) is 0 Å². The van der Waals surface area contributed by atoms with Crippen molar-refractivity contribution < 1.29 is 19.4 Å². The summed E-state index contributed by atoms with van der Waals surface area (Å²) in [7, 11) is 0. The Labute approximate surface area is 99.1 Å². The van der Waals surface area contributed by atoms with Gasteiger partial charge in [-0.3, -0.25) is 0 Å². The number of nitrogens with one attached hydrogen (secondary N) is 1. The molecule has 0 aliphatic rings. The molecule has 0 aliphatic heterocycles. The van der Waals surface area contributed by atoms with Crippen LogP contribution in [0.25, 0.3) is 0 Å². The lowest BCUT2D eigenvalue weighted by Crippen LogP contribution is -2.13. The second-order valence-corrected chi connectivity index (χ2v) is 4.00. The third-order valence-electron chi connectivity index (χ3n) is 2.48. The van der Waals surface area contributed by atoms with E-state index in [-0.39, 0.29) is 23.8 Å². The van der Waals surface area contributed by atoms with Crippen LogP contribution in [-0.2, 0) is 0 Å². The third-order valence-corrected chi connectivity index (χ3v) is 2.48. The Morgan fingerprint density at radius 1 is 1.53 bits per heavy atom. The Bertz CT molecular complexity index is 395. The fourth-order valence-corrected chi connectivity index (χ4v) is 1.40. The lowest BCUT2D eigenvalue weighted by Gasteiger charge is -2.13. The van der Waals surface area contributed by atoms with E-state index < -0.39 is 11.8 Å². The Morgan fingerprint density at radius 3 is 2.76 bits per heavy atom. The number of anilines is 1. The van der Waals surface area contributed by atoms with Crippen LogP contribution < -0.4 is 5.32 Å². The summed E-state index contributed by atoms with van der Waals surface area (Å²) in [5.41, 5.74) is 0.205. The first-order valence-corrected chi connectivity index (χ1v) is 5.42. The molecule has 1 unspecified atom stereocenters. The number of aliphatic hydroxyl groups excluding tert-OH is 1. The summed E-state index contributed by atoms with van der Waals surface area (Å²) < 4.78 is 13.5. The Kier molecular flexibility index (Phi) is 4.90. The van der Waals surface area contributed by atoms with Crippen molar-refractivity contribution in [3.05, 3.63) is 29.6 Å². The molecule has 0 heterocycles. The van der Waals surface area contributed by atoms with Crippen LogP contribution in [0.1, 0.15) is 23.7 Å². The van der Waals surface area contributed by atoms with Crippen LogP contribution in [0, 0.1) is 11.7 Å². The van der Waals surface area contributed by atoms with Gasteiger partial charge >= 0.3 is 5.97 Å². The molecule has 0 saturated heterocycles. The van der Waals surface area contributed by atoms with Crippen LogP contribution >= 0.6 is 0 Å². The minimum Gasteiger partial charge on any atom is -0.478 e. The van der Waals surface area contributed by atoms with Gasteiger partial charge in [0.05, 0.1) is 11.3 Å². The molecular weight excluding hydrogens is 225 g/mol. The van der Waals surface area contributed by atoms with Crippen LogP contribution in [0.3, 0.4) is 0 Å². The van der Waals surface area contributed by atoms with E-state index in [0.29, 0.717) is 13.0 Å². The van der Waals surface area contributed by atoms with Crippen molar-refractivity contribution >= 4 is 11.7 Å². The molecule has 94 valence electrons. The molecule has 1 aromatic carbocycles. The van der Waals surface area contributed by atoms with Crippen molar-refractivity contribution in [2.75, 3.05) is 18.5 Å². The molecule has 4 nitrogen and oxygen atoms in total.